The molecule has 2 aromatic rings. The smallest absolute Gasteiger partial charge is 0.265 e. The van der Waals surface area contributed by atoms with E-state index in [4.69, 9.17) is 21.1 Å². The second kappa shape index (κ2) is 6.99. The molecule has 1 atom stereocenters. The Labute approximate surface area is 128 Å². The quantitative estimate of drug-likeness (QED) is 0.915. The number of halogens is 1. The third-order valence-electron chi connectivity index (χ3n) is 2.84. The molecule has 0 unspecified atom stereocenters. The Morgan fingerprint density at radius 1 is 1.14 bits per heavy atom. The van der Waals surface area contributed by atoms with Crippen molar-refractivity contribution < 1.29 is 14.3 Å². The van der Waals surface area contributed by atoms with Crippen molar-refractivity contribution in [2.24, 2.45) is 0 Å². The number of benzene rings is 2. The van der Waals surface area contributed by atoms with Crippen molar-refractivity contribution in [3.63, 3.8) is 0 Å². The highest BCUT2D eigenvalue weighted by Crippen LogP contribution is 2.20. The number of hydrogen-bond donors (Lipinski definition) is 1. The summed E-state index contributed by atoms with van der Waals surface area (Å²) in [5.74, 6) is 1.02. The Morgan fingerprint density at radius 3 is 2.48 bits per heavy atom. The molecule has 0 aromatic heterocycles. The molecule has 0 aliphatic heterocycles. The lowest BCUT2D eigenvalue weighted by Crippen LogP contribution is -2.30. The molecular formula is C16H16ClNO3. The van der Waals surface area contributed by atoms with Gasteiger partial charge in [0.15, 0.2) is 6.10 Å². The van der Waals surface area contributed by atoms with Crippen LogP contribution in [0, 0.1) is 0 Å². The van der Waals surface area contributed by atoms with E-state index in [2.05, 4.69) is 5.32 Å². The molecule has 110 valence electrons. The van der Waals surface area contributed by atoms with Gasteiger partial charge in [-0.3, -0.25) is 4.79 Å². The van der Waals surface area contributed by atoms with Crippen molar-refractivity contribution in [1.82, 2.24) is 0 Å². The molecule has 0 heterocycles. The van der Waals surface area contributed by atoms with Crippen LogP contribution < -0.4 is 14.8 Å². The summed E-state index contributed by atoms with van der Waals surface area (Å²) in [5, 5.41) is 3.38. The van der Waals surface area contributed by atoms with E-state index in [-0.39, 0.29) is 5.91 Å². The van der Waals surface area contributed by atoms with Gasteiger partial charge in [-0.25, -0.2) is 0 Å². The number of rotatable bonds is 5. The lowest BCUT2D eigenvalue weighted by Gasteiger charge is -2.15. The van der Waals surface area contributed by atoms with Gasteiger partial charge in [0.25, 0.3) is 5.91 Å². The highest BCUT2D eigenvalue weighted by atomic mass is 35.5. The maximum absolute atomic E-state index is 12.1. The molecular weight excluding hydrogens is 290 g/mol. The van der Waals surface area contributed by atoms with E-state index >= 15 is 0 Å². The van der Waals surface area contributed by atoms with Crippen LogP contribution >= 0.6 is 11.6 Å². The van der Waals surface area contributed by atoms with Crippen LogP contribution in [0.25, 0.3) is 0 Å². The van der Waals surface area contributed by atoms with Crippen molar-refractivity contribution in [2.75, 3.05) is 12.4 Å². The first-order chi connectivity index (χ1) is 10.1. The van der Waals surface area contributed by atoms with Crippen LogP contribution in [0.3, 0.4) is 0 Å². The summed E-state index contributed by atoms with van der Waals surface area (Å²) in [6.45, 7) is 1.69. The fourth-order valence-corrected chi connectivity index (χ4v) is 1.84. The molecule has 0 saturated heterocycles. The lowest BCUT2D eigenvalue weighted by atomic mass is 10.3. The van der Waals surface area contributed by atoms with E-state index in [9.17, 15) is 4.79 Å². The Kier molecular flexibility index (Phi) is 5.06. The van der Waals surface area contributed by atoms with Gasteiger partial charge in [-0.1, -0.05) is 17.7 Å². The molecule has 4 nitrogen and oxygen atoms in total. The monoisotopic (exact) mass is 305 g/mol. The molecule has 21 heavy (non-hydrogen) atoms. The average Bonchev–Trinajstić information content (AvgIpc) is 2.49. The summed E-state index contributed by atoms with van der Waals surface area (Å²) in [6, 6.07) is 14.0. The predicted molar refractivity (Wildman–Crippen MR) is 83.2 cm³/mol. The number of anilines is 1. The van der Waals surface area contributed by atoms with Gasteiger partial charge in [0.1, 0.15) is 11.5 Å². The molecule has 5 heteroatoms. The predicted octanol–water partition coefficient (Wildman–Crippen LogP) is 3.75. The fourth-order valence-electron chi connectivity index (χ4n) is 1.71. The van der Waals surface area contributed by atoms with Crippen molar-refractivity contribution in [3.05, 3.63) is 53.6 Å². The van der Waals surface area contributed by atoms with Crippen molar-refractivity contribution in [2.45, 2.75) is 13.0 Å². The number of hydrogen-bond acceptors (Lipinski definition) is 3. The van der Waals surface area contributed by atoms with Crippen molar-refractivity contribution in [3.8, 4) is 11.5 Å². The van der Waals surface area contributed by atoms with Crippen molar-refractivity contribution in [1.29, 1.82) is 0 Å². The van der Waals surface area contributed by atoms with E-state index in [1.807, 2.05) is 6.07 Å². The Bertz CT molecular complexity index is 613. The maximum Gasteiger partial charge on any atom is 0.265 e. The number of ether oxygens (including phenoxy) is 2. The Balaban J connectivity index is 1.97. The molecule has 0 saturated carbocycles. The van der Waals surface area contributed by atoms with Crippen LogP contribution in [0.5, 0.6) is 11.5 Å². The van der Waals surface area contributed by atoms with Gasteiger partial charge >= 0.3 is 0 Å². The third-order valence-corrected chi connectivity index (χ3v) is 3.09. The number of nitrogens with one attached hydrogen (secondary N) is 1. The summed E-state index contributed by atoms with van der Waals surface area (Å²) >= 11 is 5.80. The number of methoxy groups -OCH3 is 1. The van der Waals surface area contributed by atoms with Crippen LogP contribution in [0.1, 0.15) is 6.92 Å². The second-order valence-corrected chi connectivity index (χ2v) is 4.87. The summed E-state index contributed by atoms with van der Waals surface area (Å²) in [4.78, 5) is 12.1. The largest absolute Gasteiger partial charge is 0.497 e. The minimum Gasteiger partial charge on any atom is -0.497 e. The highest BCUT2D eigenvalue weighted by molar-refractivity contribution is 6.30. The molecule has 1 amide bonds. The zero-order valence-corrected chi connectivity index (χ0v) is 12.6. The normalized spacial score (nSPS) is 11.6. The summed E-state index contributed by atoms with van der Waals surface area (Å²) in [6.07, 6.45) is -0.632. The topological polar surface area (TPSA) is 47.6 Å². The van der Waals surface area contributed by atoms with Gasteiger partial charge in [0, 0.05) is 16.8 Å². The zero-order chi connectivity index (χ0) is 15.2. The van der Waals surface area contributed by atoms with Crippen molar-refractivity contribution >= 4 is 23.2 Å². The molecule has 0 bridgehead atoms. The Hall–Kier alpha value is -2.20. The standard InChI is InChI=1S/C16H16ClNO3/c1-11(21-15-5-3-4-14(10-15)20-2)16(19)18-13-8-6-12(17)7-9-13/h3-11H,1-2H3,(H,18,19)/t11-/m0/s1. The van der Waals surface area contributed by atoms with Gasteiger partial charge in [-0.15, -0.1) is 0 Å². The van der Waals surface area contributed by atoms with Gasteiger partial charge in [0.2, 0.25) is 0 Å². The molecule has 0 radical (unpaired) electrons. The minimum absolute atomic E-state index is 0.236. The summed E-state index contributed by atoms with van der Waals surface area (Å²) in [5.41, 5.74) is 0.672. The third kappa shape index (κ3) is 4.39. The first-order valence-electron chi connectivity index (χ1n) is 6.45. The van der Waals surface area contributed by atoms with Gasteiger partial charge in [-0.05, 0) is 43.3 Å². The van der Waals surface area contributed by atoms with E-state index in [1.165, 1.54) is 0 Å². The van der Waals surface area contributed by atoms with Crippen LogP contribution in [0.15, 0.2) is 48.5 Å². The SMILES string of the molecule is COc1cccc(O[C@@H](C)C(=O)Nc2ccc(Cl)cc2)c1. The lowest BCUT2D eigenvalue weighted by molar-refractivity contribution is -0.122. The van der Waals surface area contributed by atoms with Gasteiger partial charge < -0.3 is 14.8 Å². The van der Waals surface area contributed by atoms with E-state index < -0.39 is 6.10 Å². The van der Waals surface area contributed by atoms with Crippen LogP contribution in [0.4, 0.5) is 5.69 Å². The summed E-state index contributed by atoms with van der Waals surface area (Å²) < 4.78 is 10.7. The average molecular weight is 306 g/mol. The molecule has 0 fully saturated rings. The molecule has 2 aromatic carbocycles. The number of amides is 1. The molecule has 1 N–H and O–H groups in total. The number of carbonyl (C=O) groups is 1. The summed E-state index contributed by atoms with van der Waals surface area (Å²) in [7, 11) is 1.58. The van der Waals surface area contributed by atoms with Crippen LogP contribution in [0.2, 0.25) is 5.02 Å². The zero-order valence-electron chi connectivity index (χ0n) is 11.8. The highest BCUT2D eigenvalue weighted by Gasteiger charge is 2.15. The number of carbonyl (C=O) groups excluding carboxylic acids is 1. The van der Waals surface area contributed by atoms with Gasteiger partial charge in [-0.2, -0.15) is 0 Å². The molecule has 2 rings (SSSR count). The van der Waals surface area contributed by atoms with E-state index in [0.717, 1.165) is 0 Å². The van der Waals surface area contributed by atoms with E-state index in [1.54, 1.807) is 56.5 Å². The van der Waals surface area contributed by atoms with Gasteiger partial charge in [0.05, 0.1) is 7.11 Å². The fraction of sp³-hybridized carbons (Fsp3) is 0.188. The molecule has 0 aliphatic rings. The Morgan fingerprint density at radius 2 is 1.81 bits per heavy atom. The van der Waals surface area contributed by atoms with E-state index in [0.29, 0.717) is 22.2 Å². The second-order valence-electron chi connectivity index (χ2n) is 4.44. The van der Waals surface area contributed by atoms with Crippen LogP contribution in [-0.2, 0) is 4.79 Å². The van der Waals surface area contributed by atoms with Crippen LogP contribution in [-0.4, -0.2) is 19.1 Å². The maximum atomic E-state index is 12.1. The first kappa shape index (κ1) is 15.2. The molecule has 0 aliphatic carbocycles. The minimum atomic E-state index is -0.632. The first-order valence-corrected chi connectivity index (χ1v) is 6.83. The molecule has 0 spiro atoms.